The SMILES string of the molecule is C=C(C)C(=O)OCCCCC(=O)OCC1OC[C@@H](OC(=O)CCCCOC(=O)C(=C)C)[C@H](OC(O)CCCCOC(=O)C(=C)C)[C@H]1OC(=O)CCCCOC(=O)C(=C)C. The normalized spacial score (nSPS) is 17.6. The van der Waals surface area contributed by atoms with Gasteiger partial charge in [-0.1, -0.05) is 26.3 Å². The average molecular weight is 839 g/mol. The van der Waals surface area contributed by atoms with Crippen molar-refractivity contribution in [3.63, 3.8) is 0 Å². The first kappa shape index (κ1) is 52.1. The minimum atomic E-state index is -1.47. The molecular weight excluding hydrogens is 776 g/mol. The molecule has 5 atom stereocenters. The first-order valence-electron chi connectivity index (χ1n) is 19.7. The zero-order valence-electron chi connectivity index (χ0n) is 34.9. The average Bonchev–Trinajstić information content (AvgIpc) is 3.17. The topological polar surface area (TPSA) is 223 Å². The van der Waals surface area contributed by atoms with Gasteiger partial charge in [-0.25, -0.2) is 19.2 Å². The highest BCUT2D eigenvalue weighted by atomic mass is 16.7. The van der Waals surface area contributed by atoms with Gasteiger partial charge in [-0.3, -0.25) is 14.4 Å². The number of carbonyl (C=O) groups excluding carboxylic acids is 7. The molecule has 0 aromatic carbocycles. The van der Waals surface area contributed by atoms with Crippen LogP contribution in [-0.4, -0.2) is 117 Å². The summed E-state index contributed by atoms with van der Waals surface area (Å²) in [5.41, 5.74) is 0.973. The number of aliphatic hydroxyl groups is 1. The summed E-state index contributed by atoms with van der Waals surface area (Å²) in [6, 6.07) is 0. The van der Waals surface area contributed by atoms with E-state index in [1.807, 2.05) is 0 Å². The molecule has 0 aromatic heterocycles. The van der Waals surface area contributed by atoms with E-state index in [2.05, 4.69) is 26.3 Å². The van der Waals surface area contributed by atoms with Crippen molar-refractivity contribution in [2.75, 3.05) is 39.6 Å². The fourth-order valence-electron chi connectivity index (χ4n) is 5.01. The number of carbonyl (C=O) groups is 7. The van der Waals surface area contributed by atoms with Gasteiger partial charge in [0.1, 0.15) is 18.8 Å². The van der Waals surface area contributed by atoms with Crippen LogP contribution in [0.25, 0.3) is 0 Å². The van der Waals surface area contributed by atoms with E-state index in [1.54, 1.807) is 0 Å². The van der Waals surface area contributed by atoms with Gasteiger partial charge >= 0.3 is 41.8 Å². The van der Waals surface area contributed by atoms with Crippen molar-refractivity contribution in [1.82, 2.24) is 0 Å². The number of esters is 7. The van der Waals surface area contributed by atoms with Crippen LogP contribution in [-0.2, 0) is 76.2 Å². The molecule has 59 heavy (non-hydrogen) atoms. The zero-order chi connectivity index (χ0) is 44.3. The second-order valence-corrected chi connectivity index (χ2v) is 14.1. The molecule has 0 radical (unpaired) electrons. The molecule has 1 aliphatic rings. The van der Waals surface area contributed by atoms with Gasteiger partial charge < -0.3 is 47.7 Å². The van der Waals surface area contributed by atoms with Crippen LogP contribution in [0.3, 0.4) is 0 Å². The highest BCUT2D eigenvalue weighted by Gasteiger charge is 2.47. The standard InChI is InChI=1S/C42H62O17/c1-27(2)39(47)51-21-13-9-17-33(43)56-25-31-37(58-35(45)19-11-15-23-53-41(49)29(5)6)38(59-36(46)20-12-16-24-54-42(50)30(7)8)32(26-55-31)57-34(44)18-10-14-22-52-40(48)28(3)4/h31-32,36-38,46H,1,3,5,7,9-26H2,2,4,6,8H3/t31?,32-,36?,37+,38+/m1/s1. The zero-order valence-corrected chi connectivity index (χ0v) is 34.9. The molecule has 1 N–H and O–H groups in total. The molecular formula is C42H62O17. The highest BCUT2D eigenvalue weighted by molar-refractivity contribution is 5.88. The summed E-state index contributed by atoms with van der Waals surface area (Å²) in [4.78, 5) is 85.6. The van der Waals surface area contributed by atoms with Gasteiger partial charge in [-0.15, -0.1) is 0 Å². The van der Waals surface area contributed by atoms with Gasteiger partial charge in [0.05, 0.1) is 33.0 Å². The van der Waals surface area contributed by atoms with Crippen LogP contribution >= 0.6 is 0 Å². The largest absolute Gasteiger partial charge is 0.463 e. The molecule has 0 aliphatic carbocycles. The Labute approximate surface area is 346 Å². The minimum Gasteiger partial charge on any atom is -0.463 e. The fourth-order valence-corrected chi connectivity index (χ4v) is 5.01. The minimum absolute atomic E-state index is 0.0231. The fraction of sp³-hybridized carbons (Fsp3) is 0.643. The van der Waals surface area contributed by atoms with E-state index in [0.29, 0.717) is 44.9 Å². The van der Waals surface area contributed by atoms with Crippen LogP contribution in [0.5, 0.6) is 0 Å². The van der Waals surface area contributed by atoms with Crippen molar-refractivity contribution in [2.24, 2.45) is 0 Å². The Kier molecular flexibility index (Phi) is 25.9. The molecule has 0 bridgehead atoms. The van der Waals surface area contributed by atoms with Crippen molar-refractivity contribution in [2.45, 2.75) is 135 Å². The van der Waals surface area contributed by atoms with Gasteiger partial charge in [0.2, 0.25) is 0 Å². The first-order chi connectivity index (χ1) is 27.9. The summed E-state index contributed by atoms with van der Waals surface area (Å²) < 4.78 is 49.3. The molecule has 0 saturated carbocycles. The Morgan fingerprint density at radius 3 is 1.36 bits per heavy atom. The molecule has 1 aliphatic heterocycles. The number of hydrogen-bond donors (Lipinski definition) is 1. The van der Waals surface area contributed by atoms with Crippen LogP contribution in [0.15, 0.2) is 48.6 Å². The maximum atomic E-state index is 13.2. The lowest BCUT2D eigenvalue weighted by Gasteiger charge is -2.41. The van der Waals surface area contributed by atoms with Crippen molar-refractivity contribution >= 4 is 41.8 Å². The Hall–Kier alpha value is -4.87. The molecule has 1 fully saturated rings. The van der Waals surface area contributed by atoms with E-state index in [1.165, 1.54) is 27.7 Å². The van der Waals surface area contributed by atoms with E-state index in [0.717, 1.165) is 0 Å². The molecule has 17 nitrogen and oxygen atoms in total. The summed E-state index contributed by atoms with van der Waals surface area (Å²) in [6.45, 7) is 19.7. The summed E-state index contributed by atoms with van der Waals surface area (Å²) in [6.07, 6.45) is -3.89. The van der Waals surface area contributed by atoms with E-state index in [-0.39, 0.29) is 87.4 Å². The predicted octanol–water partition coefficient (Wildman–Crippen LogP) is 4.61. The molecule has 2 unspecified atom stereocenters. The molecule has 0 spiro atoms. The monoisotopic (exact) mass is 838 g/mol. The maximum Gasteiger partial charge on any atom is 0.333 e. The summed E-state index contributed by atoms with van der Waals surface area (Å²) in [5, 5.41) is 11.0. The maximum absolute atomic E-state index is 13.2. The van der Waals surface area contributed by atoms with Crippen LogP contribution in [0.2, 0.25) is 0 Å². The van der Waals surface area contributed by atoms with Gasteiger partial charge in [0.25, 0.3) is 0 Å². The Bertz CT molecular complexity index is 1470. The Morgan fingerprint density at radius 1 is 0.542 bits per heavy atom. The lowest BCUT2D eigenvalue weighted by Crippen LogP contribution is -2.59. The van der Waals surface area contributed by atoms with Gasteiger partial charge in [-0.2, -0.15) is 0 Å². The quantitative estimate of drug-likeness (QED) is 0.0343. The first-order valence-corrected chi connectivity index (χ1v) is 19.7. The summed E-state index contributed by atoms with van der Waals surface area (Å²) in [7, 11) is 0. The van der Waals surface area contributed by atoms with Crippen molar-refractivity contribution in [1.29, 1.82) is 0 Å². The van der Waals surface area contributed by atoms with Crippen molar-refractivity contribution in [3.05, 3.63) is 48.6 Å². The number of aliphatic hydroxyl groups excluding tert-OH is 1. The van der Waals surface area contributed by atoms with E-state index in [9.17, 15) is 38.7 Å². The highest BCUT2D eigenvalue weighted by Crippen LogP contribution is 2.27. The number of unbranched alkanes of at least 4 members (excludes halogenated alkanes) is 4. The molecule has 0 amide bonds. The van der Waals surface area contributed by atoms with Crippen LogP contribution < -0.4 is 0 Å². The third kappa shape index (κ3) is 23.3. The number of rotatable bonds is 30. The number of ether oxygens (including phenoxy) is 9. The molecule has 17 heteroatoms. The third-order valence-electron chi connectivity index (χ3n) is 8.30. The second-order valence-electron chi connectivity index (χ2n) is 14.1. The third-order valence-corrected chi connectivity index (χ3v) is 8.30. The molecule has 1 heterocycles. The summed E-state index contributed by atoms with van der Waals surface area (Å²) >= 11 is 0. The molecule has 1 saturated heterocycles. The smallest absolute Gasteiger partial charge is 0.333 e. The van der Waals surface area contributed by atoms with Crippen LogP contribution in [0.1, 0.15) is 105 Å². The number of hydrogen-bond acceptors (Lipinski definition) is 17. The predicted molar refractivity (Wildman–Crippen MR) is 210 cm³/mol. The Balaban J connectivity index is 3.12. The van der Waals surface area contributed by atoms with Gasteiger partial charge in [0.15, 0.2) is 18.5 Å². The lowest BCUT2D eigenvalue weighted by molar-refractivity contribution is -0.264. The Morgan fingerprint density at radius 2 is 0.932 bits per heavy atom. The summed E-state index contributed by atoms with van der Waals surface area (Å²) in [5.74, 6) is -4.19. The van der Waals surface area contributed by atoms with E-state index in [4.69, 9.17) is 42.6 Å². The second kappa shape index (κ2) is 29.4. The van der Waals surface area contributed by atoms with Crippen LogP contribution in [0, 0.1) is 0 Å². The van der Waals surface area contributed by atoms with Gasteiger partial charge in [-0.05, 0) is 85.5 Å². The van der Waals surface area contributed by atoms with Crippen LogP contribution in [0.4, 0.5) is 0 Å². The van der Waals surface area contributed by atoms with E-state index < -0.39 is 79.1 Å². The molecule has 1 rings (SSSR count). The van der Waals surface area contributed by atoms with Gasteiger partial charge in [0, 0.05) is 41.6 Å². The van der Waals surface area contributed by atoms with Crippen molar-refractivity contribution < 1.29 is 81.3 Å². The molecule has 332 valence electrons. The van der Waals surface area contributed by atoms with E-state index >= 15 is 0 Å². The van der Waals surface area contributed by atoms with Crippen molar-refractivity contribution in [3.8, 4) is 0 Å². The lowest BCUT2D eigenvalue weighted by atomic mass is 9.99. The molecule has 0 aromatic rings.